The highest BCUT2D eigenvalue weighted by molar-refractivity contribution is 9.11. The van der Waals surface area contributed by atoms with E-state index in [1.165, 1.54) is 11.3 Å². The van der Waals surface area contributed by atoms with Gasteiger partial charge in [-0.25, -0.2) is 0 Å². The van der Waals surface area contributed by atoms with Crippen LogP contribution >= 0.6 is 27.3 Å². The van der Waals surface area contributed by atoms with E-state index in [1.807, 2.05) is 0 Å². The number of hydrogen-bond acceptors (Lipinski definition) is 5. The molecule has 1 aromatic heterocycles. The Labute approximate surface area is 88.5 Å². The fourth-order valence-corrected chi connectivity index (χ4v) is 2.60. The first-order chi connectivity index (χ1) is 6.25. The maximum atomic E-state index is 9.54. The Morgan fingerprint density at radius 1 is 1.46 bits per heavy atom. The molecule has 13 heavy (non-hydrogen) atoms. The lowest BCUT2D eigenvalue weighted by Crippen LogP contribution is -2.27. The number of aliphatic hydroxyl groups is 1. The Bertz CT molecular complexity index is 293. The normalized spacial score (nSPS) is 27.8. The van der Waals surface area contributed by atoms with E-state index in [1.54, 1.807) is 0 Å². The van der Waals surface area contributed by atoms with Gasteiger partial charge in [0.2, 0.25) is 5.13 Å². The van der Waals surface area contributed by atoms with Gasteiger partial charge in [-0.05, 0) is 35.2 Å². The molecule has 0 aliphatic heterocycles. The summed E-state index contributed by atoms with van der Waals surface area (Å²) in [6, 6.07) is 0.153. The summed E-state index contributed by atoms with van der Waals surface area (Å²) < 4.78 is 0.766. The zero-order valence-corrected chi connectivity index (χ0v) is 9.31. The van der Waals surface area contributed by atoms with E-state index in [2.05, 4.69) is 31.4 Å². The van der Waals surface area contributed by atoms with Gasteiger partial charge in [0.15, 0.2) is 3.92 Å². The van der Waals surface area contributed by atoms with Gasteiger partial charge in [-0.1, -0.05) is 11.3 Å². The van der Waals surface area contributed by atoms with Crippen LogP contribution in [0.4, 0.5) is 5.13 Å². The van der Waals surface area contributed by atoms with E-state index >= 15 is 0 Å². The van der Waals surface area contributed by atoms with Crippen LogP contribution in [0.15, 0.2) is 3.92 Å². The minimum atomic E-state index is -0.234. The molecule has 1 aliphatic carbocycles. The summed E-state index contributed by atoms with van der Waals surface area (Å²) in [5.41, 5.74) is 0. The van der Waals surface area contributed by atoms with Crippen LogP contribution in [0.2, 0.25) is 0 Å². The lowest BCUT2D eigenvalue weighted by molar-refractivity contribution is 0.172. The molecule has 0 saturated heterocycles. The molecule has 1 aliphatic rings. The lowest BCUT2D eigenvalue weighted by atomic mass is 10.2. The van der Waals surface area contributed by atoms with Gasteiger partial charge in [0.25, 0.3) is 0 Å². The van der Waals surface area contributed by atoms with Gasteiger partial charge in [0, 0.05) is 0 Å². The van der Waals surface area contributed by atoms with Crippen LogP contribution in [0.1, 0.15) is 19.3 Å². The summed E-state index contributed by atoms with van der Waals surface area (Å²) in [5, 5.41) is 21.2. The summed E-state index contributed by atoms with van der Waals surface area (Å²) in [5.74, 6) is 0. The highest BCUT2D eigenvalue weighted by Crippen LogP contribution is 2.26. The molecule has 0 radical (unpaired) electrons. The topological polar surface area (TPSA) is 58.0 Å². The van der Waals surface area contributed by atoms with E-state index in [4.69, 9.17) is 0 Å². The van der Waals surface area contributed by atoms with Crippen molar-refractivity contribution in [3.8, 4) is 0 Å². The number of aromatic nitrogens is 2. The van der Waals surface area contributed by atoms with Crippen molar-refractivity contribution in [1.29, 1.82) is 0 Å². The van der Waals surface area contributed by atoms with Crippen molar-refractivity contribution in [3.63, 3.8) is 0 Å². The molecule has 72 valence electrons. The van der Waals surface area contributed by atoms with Crippen LogP contribution in [0, 0.1) is 0 Å². The third-order valence-electron chi connectivity index (χ3n) is 2.19. The summed E-state index contributed by atoms with van der Waals surface area (Å²) in [6.45, 7) is 0. The second-order valence-electron chi connectivity index (χ2n) is 3.11. The Balaban J connectivity index is 1.97. The van der Waals surface area contributed by atoms with Crippen LogP contribution in [0.5, 0.6) is 0 Å². The average molecular weight is 264 g/mol. The predicted molar refractivity (Wildman–Crippen MR) is 54.9 cm³/mol. The molecule has 1 saturated carbocycles. The number of halogens is 1. The molecule has 2 N–H and O–H groups in total. The Morgan fingerprint density at radius 2 is 2.31 bits per heavy atom. The van der Waals surface area contributed by atoms with Crippen molar-refractivity contribution in [2.24, 2.45) is 0 Å². The van der Waals surface area contributed by atoms with Crippen LogP contribution in [0.25, 0.3) is 0 Å². The number of nitrogens with one attached hydrogen (secondary N) is 1. The summed E-state index contributed by atoms with van der Waals surface area (Å²) in [6.07, 6.45) is 2.75. The molecule has 0 amide bonds. The summed E-state index contributed by atoms with van der Waals surface area (Å²) >= 11 is 4.69. The lowest BCUT2D eigenvalue weighted by Gasteiger charge is -2.14. The minimum absolute atomic E-state index is 0.153. The van der Waals surface area contributed by atoms with E-state index in [0.717, 1.165) is 28.3 Å². The number of nitrogens with zero attached hydrogens (tertiary/aromatic N) is 2. The molecule has 0 spiro atoms. The van der Waals surface area contributed by atoms with Crippen LogP contribution in [0.3, 0.4) is 0 Å². The molecule has 1 fully saturated rings. The van der Waals surface area contributed by atoms with Gasteiger partial charge < -0.3 is 10.4 Å². The molecule has 4 nitrogen and oxygen atoms in total. The van der Waals surface area contributed by atoms with Crippen LogP contribution < -0.4 is 5.32 Å². The Hall–Kier alpha value is -0.200. The highest BCUT2D eigenvalue weighted by Gasteiger charge is 2.25. The SMILES string of the molecule is OC1CCCC1Nc1nnc(Br)s1. The number of rotatable bonds is 2. The third-order valence-corrected chi connectivity index (χ3v) is 3.48. The minimum Gasteiger partial charge on any atom is -0.391 e. The van der Waals surface area contributed by atoms with E-state index in [9.17, 15) is 5.11 Å². The molecule has 2 unspecified atom stereocenters. The molecule has 2 atom stereocenters. The first-order valence-electron chi connectivity index (χ1n) is 4.19. The third kappa shape index (κ3) is 2.18. The van der Waals surface area contributed by atoms with Crippen LogP contribution in [-0.4, -0.2) is 27.4 Å². The van der Waals surface area contributed by atoms with E-state index in [0.29, 0.717) is 0 Å². The van der Waals surface area contributed by atoms with Gasteiger partial charge >= 0.3 is 0 Å². The van der Waals surface area contributed by atoms with Crippen LogP contribution in [-0.2, 0) is 0 Å². The second-order valence-corrected chi connectivity index (χ2v) is 5.36. The molecular weight excluding hydrogens is 254 g/mol. The van der Waals surface area contributed by atoms with Crippen molar-refractivity contribution in [2.45, 2.75) is 31.4 Å². The number of anilines is 1. The molecule has 1 heterocycles. The van der Waals surface area contributed by atoms with Crippen molar-refractivity contribution in [2.75, 3.05) is 5.32 Å². The molecule has 1 aromatic rings. The zero-order valence-electron chi connectivity index (χ0n) is 6.90. The summed E-state index contributed by atoms with van der Waals surface area (Å²) in [7, 11) is 0. The standard InChI is InChI=1S/C7H10BrN3OS/c8-6-10-11-7(13-6)9-4-2-1-3-5(4)12/h4-5,12H,1-3H2,(H,9,11). The first kappa shape index (κ1) is 9.36. The quantitative estimate of drug-likeness (QED) is 0.852. The second kappa shape index (κ2) is 3.89. The number of hydrogen-bond donors (Lipinski definition) is 2. The van der Waals surface area contributed by atoms with Gasteiger partial charge in [-0.15, -0.1) is 10.2 Å². The monoisotopic (exact) mass is 263 g/mol. The predicted octanol–water partition coefficient (Wildman–Crippen LogP) is 1.63. The molecule has 6 heteroatoms. The fourth-order valence-electron chi connectivity index (χ4n) is 1.53. The van der Waals surface area contributed by atoms with Crippen molar-refractivity contribution >= 4 is 32.4 Å². The van der Waals surface area contributed by atoms with Crippen molar-refractivity contribution in [1.82, 2.24) is 10.2 Å². The maximum Gasteiger partial charge on any atom is 0.206 e. The summed E-state index contributed by atoms with van der Waals surface area (Å²) in [4.78, 5) is 0. The first-order valence-corrected chi connectivity index (χ1v) is 5.80. The fraction of sp³-hybridized carbons (Fsp3) is 0.714. The Kier molecular flexibility index (Phi) is 2.80. The van der Waals surface area contributed by atoms with E-state index < -0.39 is 0 Å². The van der Waals surface area contributed by atoms with Gasteiger partial charge in [-0.2, -0.15) is 0 Å². The smallest absolute Gasteiger partial charge is 0.206 e. The van der Waals surface area contributed by atoms with E-state index in [-0.39, 0.29) is 12.1 Å². The zero-order chi connectivity index (χ0) is 9.26. The van der Waals surface area contributed by atoms with Gasteiger partial charge in [0.1, 0.15) is 0 Å². The van der Waals surface area contributed by atoms with Gasteiger partial charge in [0.05, 0.1) is 12.1 Å². The molecular formula is C7H10BrN3OS. The van der Waals surface area contributed by atoms with Crippen molar-refractivity contribution < 1.29 is 5.11 Å². The number of aliphatic hydroxyl groups excluding tert-OH is 1. The molecule has 0 bridgehead atoms. The highest BCUT2D eigenvalue weighted by atomic mass is 79.9. The van der Waals surface area contributed by atoms with Gasteiger partial charge in [-0.3, -0.25) is 0 Å². The molecule has 2 rings (SSSR count). The average Bonchev–Trinajstić information content (AvgIpc) is 2.64. The van der Waals surface area contributed by atoms with Crippen molar-refractivity contribution in [3.05, 3.63) is 3.92 Å². The largest absolute Gasteiger partial charge is 0.391 e. The maximum absolute atomic E-state index is 9.54. The molecule has 0 aromatic carbocycles. The Morgan fingerprint density at radius 3 is 2.85 bits per heavy atom.